The van der Waals surface area contributed by atoms with E-state index in [1.807, 2.05) is 0 Å². The highest BCUT2D eigenvalue weighted by Gasteiger charge is 2.28. The van der Waals surface area contributed by atoms with Gasteiger partial charge in [0, 0.05) is 7.11 Å². The van der Waals surface area contributed by atoms with Crippen molar-refractivity contribution in [2.75, 3.05) is 13.7 Å². The van der Waals surface area contributed by atoms with E-state index in [0.29, 0.717) is 8.81 Å². The van der Waals surface area contributed by atoms with Crippen molar-refractivity contribution in [1.82, 2.24) is 4.72 Å². The van der Waals surface area contributed by atoms with E-state index in [1.54, 1.807) is 13.8 Å². The van der Waals surface area contributed by atoms with Gasteiger partial charge >= 0.3 is 0 Å². The van der Waals surface area contributed by atoms with Crippen LogP contribution in [0.2, 0.25) is 5.02 Å². The molecule has 4 nitrogen and oxygen atoms in total. The van der Waals surface area contributed by atoms with Crippen molar-refractivity contribution in [3.05, 3.63) is 14.9 Å². The van der Waals surface area contributed by atoms with E-state index < -0.39 is 15.6 Å². The Morgan fingerprint density at radius 1 is 1.59 bits per heavy atom. The zero-order valence-corrected chi connectivity index (χ0v) is 13.6. The molecule has 0 aliphatic carbocycles. The fourth-order valence-electron chi connectivity index (χ4n) is 1.26. The number of nitrogens with one attached hydrogen (secondary N) is 1. The molecule has 0 aliphatic heterocycles. The molecule has 0 radical (unpaired) electrons. The topological polar surface area (TPSA) is 55.4 Å². The molecule has 0 atom stereocenters. The minimum atomic E-state index is -3.57. The molecule has 98 valence electrons. The third-order valence-corrected chi connectivity index (χ3v) is 6.45. The van der Waals surface area contributed by atoms with Crippen LogP contribution in [-0.2, 0) is 14.8 Å². The molecule has 0 spiro atoms. The van der Waals surface area contributed by atoms with Crippen LogP contribution in [0.25, 0.3) is 0 Å². The highest BCUT2D eigenvalue weighted by Crippen LogP contribution is 2.34. The van der Waals surface area contributed by atoms with Crippen molar-refractivity contribution in [3.8, 4) is 0 Å². The van der Waals surface area contributed by atoms with E-state index >= 15 is 0 Å². The van der Waals surface area contributed by atoms with Crippen molar-refractivity contribution in [1.29, 1.82) is 0 Å². The van der Waals surface area contributed by atoms with Gasteiger partial charge in [-0.05, 0) is 35.8 Å². The Labute approximate surface area is 118 Å². The molecule has 0 saturated carbocycles. The summed E-state index contributed by atoms with van der Waals surface area (Å²) in [5.74, 6) is 0. The monoisotopic (exact) mass is 361 g/mol. The molecule has 1 rings (SSSR count). The van der Waals surface area contributed by atoms with Gasteiger partial charge < -0.3 is 4.74 Å². The second-order valence-electron chi connectivity index (χ2n) is 4.11. The summed E-state index contributed by atoms with van der Waals surface area (Å²) in [5.41, 5.74) is -0.670. The van der Waals surface area contributed by atoms with Crippen molar-refractivity contribution in [3.63, 3.8) is 0 Å². The summed E-state index contributed by atoms with van der Waals surface area (Å²) in [5, 5.41) is 0.389. The quantitative estimate of drug-likeness (QED) is 0.876. The lowest BCUT2D eigenvalue weighted by atomic mass is 10.1. The molecule has 1 N–H and O–H groups in total. The van der Waals surface area contributed by atoms with E-state index in [4.69, 9.17) is 16.3 Å². The lowest BCUT2D eigenvalue weighted by Gasteiger charge is -2.24. The molecule has 0 aromatic carbocycles. The molecule has 0 aliphatic rings. The van der Waals surface area contributed by atoms with Crippen LogP contribution in [0.5, 0.6) is 0 Å². The van der Waals surface area contributed by atoms with Crippen LogP contribution in [0, 0.1) is 0 Å². The van der Waals surface area contributed by atoms with Gasteiger partial charge in [-0.3, -0.25) is 0 Å². The molecule has 8 heteroatoms. The molecule has 0 bridgehead atoms. The van der Waals surface area contributed by atoms with Crippen LogP contribution in [0.15, 0.2) is 14.1 Å². The third kappa shape index (κ3) is 4.18. The Kier molecular flexibility index (Phi) is 5.02. The largest absolute Gasteiger partial charge is 0.383 e. The predicted molar refractivity (Wildman–Crippen MR) is 73.3 cm³/mol. The van der Waals surface area contributed by atoms with Crippen LogP contribution >= 0.6 is 38.9 Å². The molecular weight excluding hydrogens is 350 g/mol. The van der Waals surface area contributed by atoms with E-state index in [-0.39, 0.29) is 10.8 Å². The first-order valence-corrected chi connectivity index (χ1v) is 8.13. The first-order valence-electron chi connectivity index (χ1n) is 4.66. The summed E-state index contributed by atoms with van der Waals surface area (Å²) in [4.78, 5) is 0. The molecule has 17 heavy (non-hydrogen) atoms. The van der Waals surface area contributed by atoms with Crippen molar-refractivity contribution < 1.29 is 13.2 Å². The number of methoxy groups -OCH3 is 1. The van der Waals surface area contributed by atoms with Crippen LogP contribution < -0.4 is 4.72 Å². The van der Waals surface area contributed by atoms with Crippen LogP contribution in [0.4, 0.5) is 0 Å². The van der Waals surface area contributed by atoms with Crippen molar-refractivity contribution in [2.24, 2.45) is 0 Å². The first kappa shape index (κ1) is 15.4. The lowest BCUT2D eigenvalue weighted by molar-refractivity contribution is 0.141. The second kappa shape index (κ2) is 5.54. The number of sulfonamides is 1. The maximum Gasteiger partial charge on any atom is 0.250 e. The zero-order chi connectivity index (χ0) is 13.3. The summed E-state index contributed by atoms with van der Waals surface area (Å²) < 4.78 is 32.4. The SMILES string of the molecule is COCC(C)(C)NS(=O)(=O)c1cc(Cl)c(Br)s1. The average Bonchev–Trinajstić information content (AvgIpc) is 2.45. The van der Waals surface area contributed by atoms with Crippen LogP contribution in [0.1, 0.15) is 13.8 Å². The second-order valence-corrected chi connectivity index (χ2v) is 8.80. The fraction of sp³-hybridized carbons (Fsp3) is 0.556. The van der Waals surface area contributed by atoms with Crippen molar-refractivity contribution in [2.45, 2.75) is 23.6 Å². The number of halogens is 2. The average molecular weight is 363 g/mol. The summed E-state index contributed by atoms with van der Waals surface area (Å²) in [6.45, 7) is 3.78. The van der Waals surface area contributed by atoms with Crippen LogP contribution in [0.3, 0.4) is 0 Å². The maximum absolute atomic E-state index is 12.1. The number of rotatable bonds is 5. The molecule has 0 unspecified atom stereocenters. The Morgan fingerprint density at radius 2 is 2.18 bits per heavy atom. The smallest absolute Gasteiger partial charge is 0.250 e. The minimum Gasteiger partial charge on any atom is -0.383 e. The molecular formula is C9H13BrClNO3S2. The van der Waals surface area contributed by atoms with E-state index in [9.17, 15) is 8.42 Å². The lowest BCUT2D eigenvalue weighted by Crippen LogP contribution is -2.46. The summed E-state index contributed by atoms with van der Waals surface area (Å²) in [6.07, 6.45) is 0. The maximum atomic E-state index is 12.1. The van der Waals surface area contributed by atoms with Crippen LogP contribution in [-0.4, -0.2) is 27.7 Å². The van der Waals surface area contributed by atoms with Gasteiger partial charge in [0.2, 0.25) is 0 Å². The van der Waals surface area contributed by atoms with Gasteiger partial charge in [0.15, 0.2) is 0 Å². The van der Waals surface area contributed by atoms with E-state index in [1.165, 1.54) is 13.2 Å². The van der Waals surface area contributed by atoms with Gasteiger partial charge in [-0.25, -0.2) is 13.1 Å². The molecule has 1 heterocycles. The van der Waals surface area contributed by atoms with E-state index in [0.717, 1.165) is 11.3 Å². The Bertz CT molecular complexity index is 479. The van der Waals surface area contributed by atoms with Gasteiger partial charge in [0.1, 0.15) is 4.21 Å². The number of hydrogen-bond donors (Lipinski definition) is 1. The summed E-state index contributed by atoms with van der Waals surface area (Å²) in [6, 6.07) is 1.42. The zero-order valence-electron chi connectivity index (χ0n) is 9.58. The Hall–Kier alpha value is 0.340. The Balaban J connectivity index is 2.97. The first-order chi connectivity index (χ1) is 7.68. The standard InChI is InChI=1S/C9H13BrClNO3S2/c1-9(2,5-15-3)12-17(13,14)7-4-6(11)8(10)16-7/h4,12H,5H2,1-3H3. The van der Waals surface area contributed by atoms with Gasteiger partial charge in [-0.2, -0.15) is 0 Å². The highest BCUT2D eigenvalue weighted by atomic mass is 79.9. The third-order valence-electron chi connectivity index (χ3n) is 1.80. The molecule has 0 amide bonds. The normalized spacial score (nSPS) is 13.0. The summed E-state index contributed by atoms with van der Waals surface area (Å²) >= 11 is 10.1. The fourth-order valence-corrected chi connectivity index (χ4v) is 5.06. The van der Waals surface area contributed by atoms with E-state index in [2.05, 4.69) is 20.7 Å². The molecule has 0 saturated heterocycles. The van der Waals surface area contributed by atoms with Gasteiger partial charge in [0.25, 0.3) is 10.0 Å². The van der Waals surface area contributed by atoms with Gasteiger partial charge in [-0.1, -0.05) is 11.6 Å². The number of thiophene rings is 1. The highest BCUT2D eigenvalue weighted by molar-refractivity contribution is 9.11. The van der Waals surface area contributed by atoms with Gasteiger partial charge in [-0.15, -0.1) is 11.3 Å². The molecule has 1 aromatic rings. The molecule has 1 aromatic heterocycles. The predicted octanol–water partition coefficient (Wildman–Crippen LogP) is 2.87. The minimum absolute atomic E-state index is 0.179. The number of hydrogen-bond acceptors (Lipinski definition) is 4. The molecule has 0 fully saturated rings. The Morgan fingerprint density at radius 3 is 2.59 bits per heavy atom. The summed E-state index contributed by atoms with van der Waals surface area (Å²) in [7, 11) is -2.05. The number of ether oxygens (including phenoxy) is 1. The van der Waals surface area contributed by atoms with Gasteiger partial charge in [0.05, 0.1) is 21.0 Å². The van der Waals surface area contributed by atoms with Crippen molar-refractivity contribution >= 4 is 48.9 Å².